The summed E-state index contributed by atoms with van der Waals surface area (Å²) in [5, 5.41) is 0. The first kappa shape index (κ1) is 15.4. The molecule has 0 saturated carbocycles. The van der Waals surface area contributed by atoms with Crippen LogP contribution in [0.4, 0.5) is 5.69 Å². The molecule has 0 N–H and O–H groups in total. The molecule has 1 unspecified atom stereocenters. The molecule has 2 aromatic rings. The summed E-state index contributed by atoms with van der Waals surface area (Å²) in [4.78, 5) is 27.0. The van der Waals surface area contributed by atoms with Crippen molar-refractivity contribution in [1.82, 2.24) is 0 Å². The minimum atomic E-state index is -1.33. The number of ether oxygens (including phenoxy) is 2. The van der Waals surface area contributed by atoms with Crippen molar-refractivity contribution in [3.63, 3.8) is 0 Å². The number of fused-ring (bicyclic) bond motifs is 2. The summed E-state index contributed by atoms with van der Waals surface area (Å²) in [6.45, 7) is 4.05. The summed E-state index contributed by atoms with van der Waals surface area (Å²) >= 11 is 0. The van der Waals surface area contributed by atoms with Gasteiger partial charge in [-0.2, -0.15) is 0 Å². The van der Waals surface area contributed by atoms with E-state index in [0.717, 1.165) is 11.3 Å². The van der Waals surface area contributed by atoms with Gasteiger partial charge in [0.2, 0.25) is 11.4 Å². The van der Waals surface area contributed by atoms with E-state index in [1.54, 1.807) is 24.1 Å². The lowest BCUT2D eigenvalue weighted by atomic mass is 9.91. The van der Waals surface area contributed by atoms with E-state index in [9.17, 15) is 9.59 Å². The van der Waals surface area contributed by atoms with E-state index in [0.29, 0.717) is 17.9 Å². The highest BCUT2D eigenvalue weighted by Crippen LogP contribution is 2.51. The summed E-state index contributed by atoms with van der Waals surface area (Å²) in [6, 6.07) is 15.1. The Balaban J connectivity index is 1.83. The highest BCUT2D eigenvalue weighted by molar-refractivity contribution is 6.12. The van der Waals surface area contributed by atoms with E-state index < -0.39 is 5.60 Å². The van der Waals surface area contributed by atoms with E-state index in [1.807, 2.05) is 36.4 Å². The Morgan fingerprint density at radius 2 is 1.96 bits per heavy atom. The number of hydrogen-bond donors (Lipinski definition) is 0. The topological polar surface area (TPSA) is 55.8 Å². The van der Waals surface area contributed by atoms with Gasteiger partial charge in [-0.15, -0.1) is 0 Å². The summed E-state index contributed by atoms with van der Waals surface area (Å²) in [5.74, 6) is 0.153. The monoisotopic (exact) mass is 335 g/mol. The zero-order valence-electron chi connectivity index (χ0n) is 13.8. The van der Waals surface area contributed by atoms with Gasteiger partial charge in [0.25, 0.3) is 5.91 Å². The van der Waals surface area contributed by atoms with Gasteiger partial charge in [0.1, 0.15) is 5.75 Å². The number of rotatable bonds is 3. The molecule has 0 aliphatic carbocycles. The maximum absolute atomic E-state index is 13.2. The SMILES string of the molecule is C=C1OC2(CC1=O)C(=O)N(Cc1ccccc1)c1ccc(OC)cc12. The first-order valence-electron chi connectivity index (χ1n) is 8.01. The van der Waals surface area contributed by atoms with Gasteiger partial charge < -0.3 is 14.4 Å². The van der Waals surface area contributed by atoms with Crippen LogP contribution in [0.3, 0.4) is 0 Å². The predicted molar refractivity (Wildman–Crippen MR) is 92.2 cm³/mol. The van der Waals surface area contributed by atoms with Crippen LogP contribution in [0.5, 0.6) is 5.75 Å². The third-order valence-corrected chi connectivity index (χ3v) is 4.72. The quantitative estimate of drug-likeness (QED) is 0.809. The number of amides is 1. The molecular weight excluding hydrogens is 318 g/mol. The Bertz CT molecular complexity index is 872. The van der Waals surface area contributed by atoms with E-state index in [1.165, 1.54) is 0 Å². The van der Waals surface area contributed by atoms with Crippen LogP contribution in [0.1, 0.15) is 17.5 Å². The molecule has 2 aliphatic rings. The van der Waals surface area contributed by atoms with Crippen molar-refractivity contribution < 1.29 is 19.1 Å². The molecule has 1 spiro atoms. The van der Waals surface area contributed by atoms with Crippen molar-refractivity contribution in [2.45, 2.75) is 18.6 Å². The molecule has 2 aromatic carbocycles. The lowest BCUT2D eigenvalue weighted by Gasteiger charge is -2.22. The number of Topliss-reactive ketones (excluding diaryl/α,β-unsaturated/α-hetero) is 1. The molecule has 4 rings (SSSR count). The van der Waals surface area contributed by atoms with Gasteiger partial charge in [-0.05, 0) is 23.8 Å². The zero-order chi connectivity index (χ0) is 17.6. The van der Waals surface area contributed by atoms with Gasteiger partial charge in [0.05, 0.1) is 25.8 Å². The molecule has 0 bridgehead atoms. The van der Waals surface area contributed by atoms with Crippen LogP contribution in [0.2, 0.25) is 0 Å². The number of hydrogen-bond acceptors (Lipinski definition) is 4. The van der Waals surface area contributed by atoms with Crippen molar-refractivity contribution in [3.8, 4) is 5.75 Å². The first-order chi connectivity index (χ1) is 12.0. The number of benzene rings is 2. The van der Waals surface area contributed by atoms with Crippen LogP contribution in [0.25, 0.3) is 0 Å². The van der Waals surface area contributed by atoms with Gasteiger partial charge in [-0.25, -0.2) is 0 Å². The molecule has 25 heavy (non-hydrogen) atoms. The van der Waals surface area contributed by atoms with Crippen molar-refractivity contribution in [2.24, 2.45) is 0 Å². The fourth-order valence-corrected chi connectivity index (χ4v) is 3.46. The van der Waals surface area contributed by atoms with E-state index in [-0.39, 0.29) is 23.9 Å². The smallest absolute Gasteiger partial charge is 0.276 e. The molecule has 2 heterocycles. The third kappa shape index (κ3) is 2.23. The van der Waals surface area contributed by atoms with E-state index in [4.69, 9.17) is 9.47 Å². The van der Waals surface area contributed by atoms with Crippen LogP contribution in [0.15, 0.2) is 60.9 Å². The molecule has 1 fully saturated rings. The Kier molecular flexibility index (Phi) is 3.39. The van der Waals surface area contributed by atoms with Crippen molar-refractivity contribution in [3.05, 3.63) is 72.0 Å². The molecule has 1 atom stereocenters. The number of methoxy groups -OCH3 is 1. The highest BCUT2D eigenvalue weighted by Gasteiger charge is 2.58. The summed E-state index contributed by atoms with van der Waals surface area (Å²) in [7, 11) is 1.56. The highest BCUT2D eigenvalue weighted by atomic mass is 16.5. The largest absolute Gasteiger partial charge is 0.497 e. The average molecular weight is 335 g/mol. The van der Waals surface area contributed by atoms with Crippen LogP contribution in [0, 0.1) is 0 Å². The summed E-state index contributed by atoms with van der Waals surface area (Å²) in [5.41, 5.74) is 1.06. The molecule has 5 heteroatoms. The molecule has 0 radical (unpaired) electrons. The molecular formula is C20H17NO4. The number of allylic oxidation sites excluding steroid dienone is 1. The van der Waals surface area contributed by atoms with Gasteiger partial charge in [-0.3, -0.25) is 9.59 Å². The van der Waals surface area contributed by atoms with Gasteiger partial charge >= 0.3 is 0 Å². The third-order valence-electron chi connectivity index (χ3n) is 4.72. The van der Waals surface area contributed by atoms with Crippen molar-refractivity contribution >= 4 is 17.4 Å². The minimum absolute atomic E-state index is 0.0312. The van der Waals surface area contributed by atoms with Crippen molar-refractivity contribution in [2.75, 3.05) is 12.0 Å². The fourth-order valence-electron chi connectivity index (χ4n) is 3.46. The molecule has 1 amide bonds. The average Bonchev–Trinajstić information content (AvgIpc) is 3.05. The van der Waals surface area contributed by atoms with Gasteiger partial charge in [-0.1, -0.05) is 36.9 Å². The molecule has 126 valence electrons. The number of anilines is 1. The van der Waals surface area contributed by atoms with Gasteiger partial charge in [0.15, 0.2) is 5.76 Å². The van der Waals surface area contributed by atoms with Crippen LogP contribution in [-0.4, -0.2) is 18.8 Å². The van der Waals surface area contributed by atoms with Crippen LogP contribution in [-0.2, 0) is 26.5 Å². The molecule has 0 aromatic heterocycles. The Morgan fingerprint density at radius 3 is 2.60 bits per heavy atom. The molecule has 2 aliphatic heterocycles. The Morgan fingerprint density at radius 1 is 1.20 bits per heavy atom. The maximum Gasteiger partial charge on any atom is 0.276 e. The number of nitrogens with zero attached hydrogens (tertiary/aromatic N) is 1. The second kappa shape index (κ2) is 5.48. The molecule has 1 saturated heterocycles. The van der Waals surface area contributed by atoms with Crippen molar-refractivity contribution in [1.29, 1.82) is 0 Å². The van der Waals surface area contributed by atoms with E-state index in [2.05, 4.69) is 6.58 Å². The lowest BCUT2D eigenvalue weighted by Crippen LogP contribution is -2.39. The number of ketones is 1. The second-order valence-electron chi connectivity index (χ2n) is 6.21. The zero-order valence-corrected chi connectivity index (χ0v) is 13.8. The normalized spacial score (nSPS) is 21.6. The summed E-state index contributed by atoms with van der Waals surface area (Å²) < 4.78 is 11.0. The van der Waals surface area contributed by atoms with Crippen LogP contribution >= 0.6 is 0 Å². The summed E-state index contributed by atoms with van der Waals surface area (Å²) in [6.07, 6.45) is -0.0316. The van der Waals surface area contributed by atoms with Crippen LogP contribution < -0.4 is 9.64 Å². The second-order valence-corrected chi connectivity index (χ2v) is 6.21. The van der Waals surface area contributed by atoms with E-state index >= 15 is 0 Å². The number of carbonyl (C=O) groups excluding carboxylic acids is 2. The first-order valence-corrected chi connectivity index (χ1v) is 8.01. The minimum Gasteiger partial charge on any atom is -0.497 e. The van der Waals surface area contributed by atoms with Gasteiger partial charge in [0, 0.05) is 5.56 Å². The number of carbonyl (C=O) groups is 2. The Hall–Kier alpha value is -3.08. The fraction of sp³-hybridized carbons (Fsp3) is 0.200. The maximum atomic E-state index is 13.2. The molecule has 5 nitrogen and oxygen atoms in total. The predicted octanol–water partition coefficient (Wildman–Crippen LogP) is 2.94. The lowest BCUT2D eigenvalue weighted by molar-refractivity contribution is -0.135. The Labute approximate surface area is 145 Å². The standard InChI is InChI=1S/C20H17NO4/c1-13-18(22)11-20(25-13)16-10-15(24-2)8-9-17(16)21(19(20)23)12-14-6-4-3-5-7-14/h3-10H,1,11-12H2,2H3.